The summed E-state index contributed by atoms with van der Waals surface area (Å²) in [6.07, 6.45) is 3.26. The summed E-state index contributed by atoms with van der Waals surface area (Å²) in [7, 11) is -2.51. The first-order chi connectivity index (χ1) is 16.9. The molecule has 4 rings (SSSR count). The van der Waals surface area contributed by atoms with Gasteiger partial charge >= 0.3 is 0 Å². The Balaban J connectivity index is 1.50. The molecular formula is C26H23N3O5S. The van der Waals surface area contributed by atoms with Crippen molar-refractivity contribution in [2.45, 2.75) is 11.8 Å². The molecule has 1 aromatic heterocycles. The topological polar surface area (TPSA) is 107 Å². The van der Waals surface area contributed by atoms with Crippen molar-refractivity contribution in [3.8, 4) is 17.2 Å². The normalized spacial score (nSPS) is 10.9. The van der Waals surface area contributed by atoms with Crippen molar-refractivity contribution in [2.75, 3.05) is 17.1 Å². The molecule has 3 aromatic carbocycles. The predicted molar refractivity (Wildman–Crippen MR) is 134 cm³/mol. The number of nitrogens with one attached hydrogen (secondary N) is 2. The second-order valence-electron chi connectivity index (χ2n) is 7.55. The van der Waals surface area contributed by atoms with E-state index < -0.39 is 15.9 Å². The minimum absolute atomic E-state index is 0.00263. The number of aryl methyl sites for hydroxylation is 1. The van der Waals surface area contributed by atoms with E-state index in [1.54, 1.807) is 92.1 Å². The predicted octanol–water partition coefficient (Wildman–Crippen LogP) is 5.24. The quantitative estimate of drug-likeness (QED) is 0.350. The lowest BCUT2D eigenvalue weighted by molar-refractivity contribution is 0.102. The summed E-state index contributed by atoms with van der Waals surface area (Å²) < 4.78 is 39.7. The molecular weight excluding hydrogens is 466 g/mol. The van der Waals surface area contributed by atoms with Crippen molar-refractivity contribution in [1.82, 2.24) is 4.98 Å². The molecule has 9 heteroatoms. The van der Waals surface area contributed by atoms with E-state index in [1.807, 2.05) is 0 Å². The first-order valence-electron chi connectivity index (χ1n) is 10.6. The minimum Gasteiger partial charge on any atom is -0.495 e. The fourth-order valence-electron chi connectivity index (χ4n) is 3.31. The number of pyridine rings is 1. The van der Waals surface area contributed by atoms with E-state index >= 15 is 0 Å². The van der Waals surface area contributed by atoms with Crippen molar-refractivity contribution >= 4 is 27.3 Å². The molecule has 178 valence electrons. The molecule has 0 saturated heterocycles. The zero-order valence-corrected chi connectivity index (χ0v) is 19.9. The number of benzene rings is 3. The monoisotopic (exact) mass is 489 g/mol. The van der Waals surface area contributed by atoms with Gasteiger partial charge in [-0.2, -0.15) is 0 Å². The van der Waals surface area contributed by atoms with Crippen LogP contribution in [0.4, 0.5) is 11.4 Å². The number of hydrogen-bond donors (Lipinski definition) is 2. The van der Waals surface area contributed by atoms with E-state index in [9.17, 15) is 13.2 Å². The zero-order chi connectivity index (χ0) is 24.8. The Kier molecular flexibility index (Phi) is 6.98. The zero-order valence-electron chi connectivity index (χ0n) is 19.1. The largest absolute Gasteiger partial charge is 0.495 e. The number of sulfonamides is 1. The Morgan fingerprint density at radius 2 is 1.57 bits per heavy atom. The van der Waals surface area contributed by atoms with Crippen molar-refractivity contribution < 1.29 is 22.7 Å². The highest BCUT2D eigenvalue weighted by molar-refractivity contribution is 7.92. The third kappa shape index (κ3) is 5.77. The maximum absolute atomic E-state index is 13.1. The number of aromatic nitrogens is 1. The molecule has 0 unspecified atom stereocenters. The minimum atomic E-state index is -3.97. The summed E-state index contributed by atoms with van der Waals surface area (Å²) in [6, 6.07) is 21.5. The van der Waals surface area contributed by atoms with E-state index in [-0.39, 0.29) is 10.5 Å². The van der Waals surface area contributed by atoms with Crippen LogP contribution in [0, 0.1) is 6.92 Å². The van der Waals surface area contributed by atoms with Gasteiger partial charge < -0.3 is 14.8 Å². The average Bonchev–Trinajstić information content (AvgIpc) is 2.86. The maximum Gasteiger partial charge on any atom is 0.262 e. The Morgan fingerprint density at radius 1 is 0.886 bits per heavy atom. The Labute approximate surface area is 203 Å². The van der Waals surface area contributed by atoms with Gasteiger partial charge in [0.05, 0.1) is 17.7 Å². The van der Waals surface area contributed by atoms with Crippen molar-refractivity contribution in [2.24, 2.45) is 0 Å². The molecule has 0 aliphatic carbocycles. The van der Waals surface area contributed by atoms with Crippen LogP contribution >= 0.6 is 0 Å². The number of para-hydroxylation sites is 2. The van der Waals surface area contributed by atoms with Gasteiger partial charge in [-0.25, -0.2) is 8.42 Å². The first kappa shape index (κ1) is 23.8. The first-order valence-corrected chi connectivity index (χ1v) is 12.1. The van der Waals surface area contributed by atoms with Gasteiger partial charge in [0.2, 0.25) is 0 Å². The summed E-state index contributed by atoms with van der Waals surface area (Å²) in [5.74, 6) is 1.19. The summed E-state index contributed by atoms with van der Waals surface area (Å²) in [5, 5.41) is 2.78. The molecule has 0 spiro atoms. The molecule has 0 aliphatic heterocycles. The third-order valence-electron chi connectivity index (χ3n) is 5.09. The molecule has 0 saturated carbocycles. The van der Waals surface area contributed by atoms with Crippen molar-refractivity contribution in [3.63, 3.8) is 0 Å². The Morgan fingerprint density at radius 3 is 2.29 bits per heavy atom. The molecule has 0 atom stereocenters. The molecule has 0 fully saturated rings. The summed E-state index contributed by atoms with van der Waals surface area (Å²) in [5.41, 5.74) is 1.54. The number of carbonyl (C=O) groups excluding carboxylic acids is 1. The molecule has 8 nitrogen and oxygen atoms in total. The fourth-order valence-corrected chi connectivity index (χ4v) is 4.65. The molecule has 2 N–H and O–H groups in total. The molecule has 0 radical (unpaired) electrons. The van der Waals surface area contributed by atoms with Gasteiger partial charge in [-0.3, -0.25) is 14.5 Å². The lowest BCUT2D eigenvalue weighted by atomic mass is 10.1. The van der Waals surface area contributed by atoms with Crippen molar-refractivity contribution in [1.29, 1.82) is 0 Å². The van der Waals surface area contributed by atoms with Gasteiger partial charge in [-0.15, -0.1) is 0 Å². The SMILES string of the molecule is COc1ccccc1NS(=O)(=O)c1cc(C(=O)Nc2ccc(Oc3ccncc3)cc2)ccc1C. The van der Waals surface area contributed by atoms with Crippen LogP contribution in [0.15, 0.2) is 96.2 Å². The number of hydrogen-bond acceptors (Lipinski definition) is 6. The third-order valence-corrected chi connectivity index (χ3v) is 6.60. The number of amides is 1. The summed E-state index contributed by atoms with van der Waals surface area (Å²) in [6.45, 7) is 1.67. The van der Waals surface area contributed by atoms with Crippen LogP contribution in [0.25, 0.3) is 0 Å². The van der Waals surface area contributed by atoms with Gasteiger partial charge in [0.1, 0.15) is 17.2 Å². The van der Waals surface area contributed by atoms with Gasteiger partial charge in [0.15, 0.2) is 0 Å². The second-order valence-corrected chi connectivity index (χ2v) is 9.20. The number of anilines is 2. The van der Waals surface area contributed by atoms with Crippen LogP contribution in [-0.2, 0) is 10.0 Å². The Bertz CT molecular complexity index is 1440. The highest BCUT2D eigenvalue weighted by Crippen LogP contribution is 2.28. The molecule has 0 aliphatic rings. The molecule has 1 amide bonds. The molecule has 4 aromatic rings. The number of carbonyl (C=O) groups is 1. The molecule has 0 bridgehead atoms. The fraction of sp³-hybridized carbons (Fsp3) is 0.0769. The number of rotatable bonds is 8. The van der Waals surface area contributed by atoms with Crippen LogP contribution < -0.4 is 19.5 Å². The highest BCUT2D eigenvalue weighted by atomic mass is 32.2. The summed E-state index contributed by atoms with van der Waals surface area (Å²) in [4.78, 5) is 16.8. The van der Waals surface area contributed by atoms with Gasteiger partial charge in [-0.1, -0.05) is 18.2 Å². The van der Waals surface area contributed by atoms with E-state index in [0.29, 0.717) is 34.2 Å². The van der Waals surface area contributed by atoms with E-state index in [1.165, 1.54) is 13.2 Å². The van der Waals surface area contributed by atoms with Gasteiger partial charge in [-0.05, 0) is 73.2 Å². The second kappa shape index (κ2) is 10.3. The van der Waals surface area contributed by atoms with Crippen LogP contribution in [0.2, 0.25) is 0 Å². The van der Waals surface area contributed by atoms with E-state index in [4.69, 9.17) is 9.47 Å². The number of ether oxygens (including phenoxy) is 2. The van der Waals surface area contributed by atoms with Crippen LogP contribution in [0.5, 0.6) is 17.2 Å². The number of methoxy groups -OCH3 is 1. The molecule has 1 heterocycles. The lowest BCUT2D eigenvalue weighted by Crippen LogP contribution is -2.17. The number of nitrogens with zero attached hydrogens (tertiary/aromatic N) is 1. The molecule has 35 heavy (non-hydrogen) atoms. The standard InChI is InChI=1S/C26H23N3O5S/c1-18-7-8-19(17-25(18)35(31,32)29-23-5-3-4-6-24(23)33-2)26(30)28-20-9-11-21(12-10-20)34-22-13-15-27-16-14-22/h3-17,29H,1-2H3,(H,28,30). The maximum atomic E-state index is 13.1. The Hall–Kier alpha value is -4.37. The smallest absolute Gasteiger partial charge is 0.262 e. The summed E-state index contributed by atoms with van der Waals surface area (Å²) >= 11 is 0. The van der Waals surface area contributed by atoms with Crippen LogP contribution in [0.1, 0.15) is 15.9 Å². The lowest BCUT2D eigenvalue weighted by Gasteiger charge is -2.14. The van der Waals surface area contributed by atoms with Crippen LogP contribution in [0.3, 0.4) is 0 Å². The van der Waals surface area contributed by atoms with E-state index in [2.05, 4.69) is 15.0 Å². The van der Waals surface area contributed by atoms with Crippen LogP contribution in [-0.4, -0.2) is 26.4 Å². The van der Waals surface area contributed by atoms with Crippen molar-refractivity contribution in [3.05, 3.63) is 102 Å². The average molecular weight is 490 g/mol. The van der Waals surface area contributed by atoms with E-state index in [0.717, 1.165) is 0 Å². The van der Waals surface area contributed by atoms with Gasteiger partial charge in [0.25, 0.3) is 15.9 Å². The van der Waals surface area contributed by atoms with Gasteiger partial charge in [0, 0.05) is 23.6 Å². The highest BCUT2D eigenvalue weighted by Gasteiger charge is 2.21.